The van der Waals surface area contributed by atoms with Gasteiger partial charge in [0.25, 0.3) is 0 Å². The molecular weight excluding hydrogens is 292 g/mol. The van der Waals surface area contributed by atoms with E-state index in [2.05, 4.69) is 0 Å². The fourth-order valence-electron chi connectivity index (χ4n) is 0.387. The summed E-state index contributed by atoms with van der Waals surface area (Å²) in [5, 5.41) is 0. The van der Waals surface area contributed by atoms with Crippen LogP contribution in [0.4, 0.5) is 13.2 Å². The average molecular weight is 306 g/mol. The van der Waals surface area contributed by atoms with Crippen LogP contribution < -0.4 is 29.6 Å². The molecule has 6 nitrogen and oxygen atoms in total. The van der Waals surface area contributed by atoms with Crippen molar-refractivity contribution in [3.05, 3.63) is 0 Å². The number of rotatable bonds is 6. The molecule has 0 amide bonds. The summed E-state index contributed by atoms with van der Waals surface area (Å²) in [5.74, 6) is 0. The van der Waals surface area contributed by atoms with Crippen molar-refractivity contribution in [2.24, 2.45) is 0 Å². The maximum Gasteiger partial charge on any atom is 1.00 e. The van der Waals surface area contributed by atoms with Crippen LogP contribution in [0.1, 0.15) is 0 Å². The van der Waals surface area contributed by atoms with Crippen LogP contribution in [-0.4, -0.2) is 59.1 Å². The van der Waals surface area contributed by atoms with Gasteiger partial charge in [0.05, 0.1) is 26.4 Å². The van der Waals surface area contributed by atoms with Crippen LogP contribution >= 0.6 is 0 Å². The first-order valence-electron chi connectivity index (χ1n) is 4.24. The molecule has 0 spiro atoms. The zero-order chi connectivity index (χ0) is 13.9. The Balaban J connectivity index is -0.000000238. The predicted molar refractivity (Wildman–Crippen MR) is 50.3 cm³/mol. The normalized spacial score (nSPS) is 11.2. The number of alkyl halides is 3. The first-order valence-corrected chi connectivity index (χ1v) is 5.65. The monoisotopic (exact) mass is 306 g/mol. The van der Waals surface area contributed by atoms with Gasteiger partial charge in [0.1, 0.15) is 0 Å². The minimum absolute atomic E-state index is 0. The molecule has 0 radical (unpaired) electrons. The third-order valence-electron chi connectivity index (χ3n) is 1.15. The fourth-order valence-corrected chi connectivity index (χ4v) is 0.387. The molecule has 0 atom stereocenters. The van der Waals surface area contributed by atoms with E-state index in [-0.39, 0.29) is 29.6 Å². The molecule has 0 fully saturated rings. The van der Waals surface area contributed by atoms with Crippen molar-refractivity contribution < 1.29 is 69.9 Å². The molecule has 0 aliphatic heterocycles. The van der Waals surface area contributed by atoms with Crippen LogP contribution in [-0.2, 0) is 24.3 Å². The largest absolute Gasteiger partial charge is 1.00 e. The van der Waals surface area contributed by atoms with Gasteiger partial charge in [-0.15, -0.1) is 0 Å². The van der Waals surface area contributed by atoms with Gasteiger partial charge < -0.3 is 18.8 Å². The number of halogens is 3. The molecule has 0 aliphatic rings. The second-order valence-corrected chi connectivity index (χ2v) is 3.87. The van der Waals surface area contributed by atoms with E-state index >= 15 is 0 Å². The van der Waals surface area contributed by atoms with Crippen LogP contribution in [0.5, 0.6) is 0 Å². The fraction of sp³-hybridized carbons (Fsp3) is 1.00. The Morgan fingerprint density at radius 2 is 1.28 bits per heavy atom. The van der Waals surface area contributed by atoms with Gasteiger partial charge in [0.15, 0.2) is 10.1 Å². The molecule has 0 bridgehead atoms. The summed E-state index contributed by atoms with van der Waals surface area (Å²) in [6.45, 7) is 2.62. The molecule has 0 aromatic heterocycles. The molecular formula is C7H14F3NaO6S. The number of methoxy groups -OCH3 is 2. The van der Waals surface area contributed by atoms with E-state index in [1.54, 1.807) is 14.2 Å². The molecule has 0 saturated carbocycles. The molecule has 18 heavy (non-hydrogen) atoms. The zero-order valence-corrected chi connectivity index (χ0v) is 13.1. The van der Waals surface area contributed by atoms with E-state index < -0.39 is 15.6 Å². The van der Waals surface area contributed by atoms with Gasteiger partial charge in [0, 0.05) is 14.2 Å². The van der Waals surface area contributed by atoms with Gasteiger partial charge in [-0.3, -0.25) is 0 Å². The third kappa shape index (κ3) is 16.6. The molecule has 0 aromatic rings. The van der Waals surface area contributed by atoms with Crippen molar-refractivity contribution in [2.45, 2.75) is 5.51 Å². The molecule has 0 aromatic carbocycles. The second-order valence-electron chi connectivity index (χ2n) is 2.50. The van der Waals surface area contributed by atoms with Crippen molar-refractivity contribution in [3.8, 4) is 0 Å². The van der Waals surface area contributed by atoms with Crippen molar-refractivity contribution in [1.82, 2.24) is 0 Å². The molecule has 0 heterocycles. The van der Waals surface area contributed by atoms with Crippen LogP contribution in [0, 0.1) is 0 Å². The second kappa shape index (κ2) is 12.6. The van der Waals surface area contributed by atoms with Crippen LogP contribution in [0.2, 0.25) is 0 Å². The number of ether oxygens (including phenoxy) is 3. The smallest absolute Gasteiger partial charge is 0.741 e. The van der Waals surface area contributed by atoms with Crippen LogP contribution in [0.25, 0.3) is 0 Å². The Kier molecular flexibility index (Phi) is 16.6. The van der Waals surface area contributed by atoms with Gasteiger partial charge in [-0.25, -0.2) is 8.42 Å². The van der Waals surface area contributed by atoms with E-state index in [0.29, 0.717) is 26.4 Å². The minimum atomic E-state index is -6.09. The maximum atomic E-state index is 10.7. The maximum absolute atomic E-state index is 10.7. The summed E-state index contributed by atoms with van der Waals surface area (Å²) in [6.07, 6.45) is 0. The molecule has 0 rings (SSSR count). The molecule has 0 unspecified atom stereocenters. The van der Waals surface area contributed by atoms with Crippen molar-refractivity contribution in [2.75, 3.05) is 40.6 Å². The molecule has 106 valence electrons. The van der Waals surface area contributed by atoms with Crippen molar-refractivity contribution >= 4 is 10.1 Å². The van der Waals surface area contributed by atoms with E-state index in [1.165, 1.54) is 0 Å². The molecule has 11 heteroatoms. The van der Waals surface area contributed by atoms with E-state index in [1.807, 2.05) is 0 Å². The van der Waals surface area contributed by atoms with Crippen molar-refractivity contribution in [3.63, 3.8) is 0 Å². The summed E-state index contributed by atoms with van der Waals surface area (Å²) in [7, 11) is -2.79. The summed E-state index contributed by atoms with van der Waals surface area (Å²) in [4.78, 5) is 0. The van der Waals surface area contributed by atoms with Gasteiger partial charge in [-0.05, 0) is 0 Å². The number of hydrogen-bond donors (Lipinski definition) is 0. The van der Waals surface area contributed by atoms with Gasteiger partial charge in [-0.2, -0.15) is 13.2 Å². The van der Waals surface area contributed by atoms with E-state index in [9.17, 15) is 13.2 Å². The van der Waals surface area contributed by atoms with E-state index in [4.69, 9.17) is 27.2 Å². The summed E-state index contributed by atoms with van der Waals surface area (Å²) in [6, 6.07) is 0. The standard InChI is InChI=1S/C6H14O3.CHF3O3S.Na/c1-7-3-5-9-6-4-8-2;2-1(3,4)8(5,6)7;/h3-6H2,1-2H3;(H,5,6,7);/q;;+1/p-1. The van der Waals surface area contributed by atoms with Gasteiger partial charge in [0.2, 0.25) is 0 Å². The third-order valence-corrected chi connectivity index (χ3v) is 1.71. The molecule has 0 aliphatic carbocycles. The van der Waals surface area contributed by atoms with Crippen molar-refractivity contribution in [1.29, 1.82) is 0 Å². The summed E-state index contributed by atoms with van der Waals surface area (Å²) >= 11 is 0. The van der Waals surface area contributed by atoms with Gasteiger partial charge >= 0.3 is 35.1 Å². The first-order chi connectivity index (χ1) is 7.66. The quantitative estimate of drug-likeness (QED) is 0.231. The topological polar surface area (TPSA) is 84.9 Å². The zero-order valence-electron chi connectivity index (χ0n) is 10.3. The average Bonchev–Trinajstić information content (AvgIpc) is 2.15. The summed E-state index contributed by atoms with van der Waals surface area (Å²) < 4.78 is 73.5. The Morgan fingerprint density at radius 1 is 1.00 bits per heavy atom. The number of hydrogen-bond acceptors (Lipinski definition) is 6. The van der Waals surface area contributed by atoms with E-state index in [0.717, 1.165) is 0 Å². The predicted octanol–water partition coefficient (Wildman–Crippen LogP) is -2.65. The Labute approximate surface area is 126 Å². The Morgan fingerprint density at radius 3 is 1.44 bits per heavy atom. The summed E-state index contributed by atoms with van der Waals surface area (Å²) in [5.41, 5.74) is -5.65. The van der Waals surface area contributed by atoms with Gasteiger partial charge in [-0.1, -0.05) is 0 Å². The first kappa shape index (κ1) is 23.7. The van der Waals surface area contributed by atoms with Crippen LogP contribution in [0.3, 0.4) is 0 Å². The SMILES string of the molecule is COCCOCCOC.O=S(=O)([O-])C(F)(F)F.[Na+]. The van der Waals surface area contributed by atoms with Crippen LogP contribution in [0.15, 0.2) is 0 Å². The minimum Gasteiger partial charge on any atom is -0.741 e. The Hall–Kier alpha value is 0.580. The Bertz CT molecular complexity index is 263. The molecule has 0 saturated heterocycles. The molecule has 0 N–H and O–H groups in total.